The second-order valence-corrected chi connectivity index (χ2v) is 10.4. The zero-order valence-electron chi connectivity index (χ0n) is 19.9. The van der Waals surface area contributed by atoms with Gasteiger partial charge in [-0.15, -0.1) is 10.2 Å². The van der Waals surface area contributed by atoms with Gasteiger partial charge in [0.05, 0.1) is 25.4 Å². The molecule has 0 bridgehead atoms. The number of piperidine rings is 1. The molecule has 2 saturated heterocycles. The number of nitrogens with zero attached hydrogens (tertiary/aromatic N) is 6. The zero-order valence-corrected chi connectivity index (χ0v) is 20.6. The van der Waals surface area contributed by atoms with Crippen LogP contribution in [0.25, 0.3) is 5.69 Å². The number of aromatic nitrogens is 4. The summed E-state index contributed by atoms with van der Waals surface area (Å²) in [6.07, 6.45) is -3.10. The molecule has 0 unspecified atom stereocenters. The van der Waals surface area contributed by atoms with Crippen LogP contribution in [0.4, 0.5) is 23.4 Å². The Labute approximate surface area is 216 Å². The summed E-state index contributed by atoms with van der Waals surface area (Å²) in [6, 6.07) is 9.64. The average Bonchev–Trinajstić information content (AvgIpc) is 3.19. The molecule has 3 aliphatic rings. The number of benzene rings is 1. The van der Waals surface area contributed by atoms with Gasteiger partial charge in [0.25, 0.3) is 0 Å². The third kappa shape index (κ3) is 4.80. The van der Waals surface area contributed by atoms with Gasteiger partial charge in [-0.25, -0.2) is 9.37 Å². The Morgan fingerprint density at radius 2 is 1.84 bits per heavy atom. The van der Waals surface area contributed by atoms with E-state index in [1.807, 2.05) is 28.0 Å². The van der Waals surface area contributed by atoms with E-state index in [1.165, 1.54) is 6.07 Å². The van der Waals surface area contributed by atoms with Crippen molar-refractivity contribution in [3.8, 4) is 5.69 Å². The van der Waals surface area contributed by atoms with Gasteiger partial charge in [0.1, 0.15) is 17.3 Å². The molecule has 2 aromatic heterocycles. The molecular formula is C25H25ClF4N6O. The molecule has 0 radical (unpaired) electrons. The monoisotopic (exact) mass is 536 g/mol. The van der Waals surface area contributed by atoms with Crippen molar-refractivity contribution in [3.63, 3.8) is 0 Å². The van der Waals surface area contributed by atoms with E-state index < -0.39 is 17.5 Å². The molecule has 0 amide bonds. The van der Waals surface area contributed by atoms with Gasteiger partial charge in [0, 0.05) is 37.1 Å². The lowest BCUT2D eigenvalue weighted by Crippen LogP contribution is -2.53. The van der Waals surface area contributed by atoms with E-state index in [-0.39, 0.29) is 25.7 Å². The van der Waals surface area contributed by atoms with Gasteiger partial charge in [-0.05, 0) is 48.7 Å². The average molecular weight is 537 g/mol. The van der Waals surface area contributed by atoms with E-state index in [0.29, 0.717) is 49.9 Å². The topological polar surface area (TPSA) is 59.3 Å². The lowest BCUT2D eigenvalue weighted by atomic mass is 9.95. The van der Waals surface area contributed by atoms with Crippen molar-refractivity contribution in [2.45, 2.75) is 43.7 Å². The standard InChI is InChI=1S/C25H25ClF4N6O/c26-18-4-5-19-17(10-18)11-34(13-24(27)14-37-15-24)12-22-32-33-23(36(19)22)16-6-8-35(9-7-16)21-3-1-2-20(31-21)25(28,29)30/h1-5,10,16H,6-9,11-15H2. The first-order chi connectivity index (χ1) is 17.7. The Bertz CT molecular complexity index is 1300. The lowest BCUT2D eigenvalue weighted by Gasteiger charge is -2.37. The van der Waals surface area contributed by atoms with Gasteiger partial charge in [0.15, 0.2) is 11.5 Å². The Morgan fingerprint density at radius 3 is 2.54 bits per heavy atom. The Hall–Kier alpha value is -2.76. The maximum atomic E-state index is 14.9. The number of alkyl halides is 4. The Kier molecular flexibility index (Phi) is 6.12. The summed E-state index contributed by atoms with van der Waals surface area (Å²) in [7, 11) is 0. The molecular weight excluding hydrogens is 512 g/mol. The van der Waals surface area contributed by atoms with Crippen LogP contribution >= 0.6 is 11.6 Å². The quantitative estimate of drug-likeness (QED) is 0.448. The van der Waals surface area contributed by atoms with E-state index in [2.05, 4.69) is 19.7 Å². The number of fused-ring (bicyclic) bond motifs is 3. The predicted octanol–water partition coefficient (Wildman–Crippen LogP) is 4.77. The predicted molar refractivity (Wildman–Crippen MR) is 129 cm³/mol. The first kappa shape index (κ1) is 24.6. The SMILES string of the molecule is FC1(CN2Cc3cc(Cl)ccc3-n3c(nnc3C3CCN(c4cccc(C(F)(F)F)n4)CC3)C2)COC1. The maximum Gasteiger partial charge on any atom is 0.433 e. The van der Waals surface area contributed by atoms with Gasteiger partial charge >= 0.3 is 6.18 Å². The van der Waals surface area contributed by atoms with Crippen LogP contribution in [0.1, 0.15) is 41.7 Å². The summed E-state index contributed by atoms with van der Waals surface area (Å²) in [6.45, 7) is 2.44. The number of halogens is 5. The zero-order chi connectivity index (χ0) is 25.8. The van der Waals surface area contributed by atoms with Crippen molar-refractivity contribution < 1.29 is 22.3 Å². The van der Waals surface area contributed by atoms with E-state index in [1.54, 1.807) is 6.07 Å². The number of anilines is 1. The van der Waals surface area contributed by atoms with E-state index in [4.69, 9.17) is 16.3 Å². The normalized spacial score (nSPS) is 20.2. The second kappa shape index (κ2) is 9.21. The van der Waals surface area contributed by atoms with Crippen LogP contribution in [0.2, 0.25) is 5.02 Å². The summed E-state index contributed by atoms with van der Waals surface area (Å²) in [5.74, 6) is 1.91. The van der Waals surface area contributed by atoms with Gasteiger partial charge < -0.3 is 9.64 Å². The van der Waals surface area contributed by atoms with Crippen LogP contribution < -0.4 is 4.90 Å². The molecule has 0 atom stereocenters. The molecule has 0 saturated carbocycles. The van der Waals surface area contributed by atoms with Crippen molar-refractivity contribution in [1.82, 2.24) is 24.6 Å². The highest BCUT2D eigenvalue weighted by Crippen LogP contribution is 2.36. The minimum atomic E-state index is -4.48. The van der Waals surface area contributed by atoms with Crippen LogP contribution in [0.15, 0.2) is 36.4 Å². The number of pyridine rings is 1. The highest BCUT2D eigenvalue weighted by Gasteiger charge is 2.41. The molecule has 0 aliphatic carbocycles. The summed E-state index contributed by atoms with van der Waals surface area (Å²) < 4.78 is 61.4. The van der Waals surface area contributed by atoms with Crippen molar-refractivity contribution in [2.75, 3.05) is 37.7 Å². The van der Waals surface area contributed by atoms with Crippen LogP contribution in [0.5, 0.6) is 0 Å². The van der Waals surface area contributed by atoms with Gasteiger partial charge in [-0.3, -0.25) is 9.47 Å². The van der Waals surface area contributed by atoms with Gasteiger partial charge in [0.2, 0.25) is 0 Å². The van der Waals surface area contributed by atoms with Crippen molar-refractivity contribution in [3.05, 3.63) is 64.3 Å². The van der Waals surface area contributed by atoms with Crippen LogP contribution in [-0.4, -0.2) is 63.2 Å². The van der Waals surface area contributed by atoms with Crippen molar-refractivity contribution in [1.29, 1.82) is 0 Å². The van der Waals surface area contributed by atoms with Crippen molar-refractivity contribution >= 4 is 17.4 Å². The molecule has 1 aromatic carbocycles. The van der Waals surface area contributed by atoms with Gasteiger partial charge in [-0.2, -0.15) is 13.2 Å². The van der Waals surface area contributed by atoms with E-state index in [0.717, 1.165) is 29.0 Å². The molecule has 5 heterocycles. The smallest absolute Gasteiger partial charge is 0.375 e. The third-order valence-electron chi connectivity index (χ3n) is 7.23. The van der Waals surface area contributed by atoms with Crippen molar-refractivity contribution in [2.24, 2.45) is 0 Å². The third-order valence-corrected chi connectivity index (χ3v) is 7.47. The molecule has 7 nitrogen and oxygen atoms in total. The summed E-state index contributed by atoms with van der Waals surface area (Å²) in [5.41, 5.74) is -0.386. The number of ether oxygens (including phenoxy) is 1. The largest absolute Gasteiger partial charge is 0.433 e. The Morgan fingerprint density at radius 1 is 1.05 bits per heavy atom. The van der Waals surface area contributed by atoms with E-state index >= 15 is 0 Å². The number of rotatable bonds is 4. The first-order valence-corrected chi connectivity index (χ1v) is 12.6. The van der Waals surface area contributed by atoms with Crippen LogP contribution in [-0.2, 0) is 24.0 Å². The highest BCUT2D eigenvalue weighted by molar-refractivity contribution is 6.30. The minimum Gasteiger partial charge on any atom is -0.375 e. The molecule has 37 heavy (non-hydrogen) atoms. The summed E-state index contributed by atoms with van der Waals surface area (Å²) in [5, 5.41) is 9.63. The summed E-state index contributed by atoms with van der Waals surface area (Å²) in [4.78, 5) is 7.72. The van der Waals surface area contributed by atoms with Crippen LogP contribution in [0.3, 0.4) is 0 Å². The fourth-order valence-electron chi connectivity index (χ4n) is 5.41. The number of hydrogen-bond donors (Lipinski definition) is 0. The lowest BCUT2D eigenvalue weighted by molar-refractivity contribution is -0.142. The minimum absolute atomic E-state index is 0.0610. The Balaban J connectivity index is 1.25. The first-order valence-electron chi connectivity index (χ1n) is 12.2. The molecule has 6 rings (SSSR count). The molecule has 0 spiro atoms. The molecule has 196 valence electrons. The number of hydrogen-bond acceptors (Lipinski definition) is 6. The molecule has 3 aromatic rings. The molecule has 12 heteroatoms. The highest BCUT2D eigenvalue weighted by atomic mass is 35.5. The molecule has 2 fully saturated rings. The van der Waals surface area contributed by atoms with Crippen LogP contribution in [0, 0.1) is 0 Å². The van der Waals surface area contributed by atoms with E-state index in [9.17, 15) is 17.6 Å². The molecule has 3 aliphatic heterocycles. The summed E-state index contributed by atoms with van der Waals surface area (Å²) >= 11 is 6.32. The fourth-order valence-corrected chi connectivity index (χ4v) is 5.60. The fraction of sp³-hybridized carbons (Fsp3) is 0.480. The molecule has 0 N–H and O–H groups in total. The van der Waals surface area contributed by atoms with Gasteiger partial charge in [-0.1, -0.05) is 17.7 Å². The maximum absolute atomic E-state index is 14.9. The second-order valence-electron chi connectivity index (χ2n) is 10.0.